The van der Waals surface area contributed by atoms with Crippen molar-refractivity contribution < 1.29 is 14.0 Å². The van der Waals surface area contributed by atoms with E-state index in [4.69, 9.17) is 9.16 Å². The van der Waals surface area contributed by atoms with Crippen LogP contribution in [0, 0.1) is 0 Å². The summed E-state index contributed by atoms with van der Waals surface area (Å²) in [4.78, 5) is 13.9. The third-order valence-corrected chi connectivity index (χ3v) is 9.22. The van der Waals surface area contributed by atoms with Crippen molar-refractivity contribution in [2.45, 2.75) is 58.9 Å². The molecule has 1 rings (SSSR count). The molecular weight excluding hydrogens is 318 g/mol. The summed E-state index contributed by atoms with van der Waals surface area (Å²) in [5, 5.41) is 0.214. The summed E-state index contributed by atoms with van der Waals surface area (Å²) in [6.45, 7) is 15.5. The first kappa shape index (κ1) is 20.7. The van der Waals surface area contributed by atoms with Gasteiger partial charge in [0, 0.05) is 19.7 Å². The number of amides is 1. The predicted octanol–water partition coefficient (Wildman–Crippen LogP) is 5.06. The Bertz CT molecular complexity index is 497. The fourth-order valence-electron chi connectivity index (χ4n) is 1.99. The van der Waals surface area contributed by atoms with Gasteiger partial charge >= 0.3 is 6.09 Å². The first-order valence-electron chi connectivity index (χ1n) is 8.77. The van der Waals surface area contributed by atoms with E-state index in [-0.39, 0.29) is 11.1 Å². The highest BCUT2D eigenvalue weighted by molar-refractivity contribution is 6.74. The van der Waals surface area contributed by atoms with Gasteiger partial charge in [-0.05, 0) is 37.0 Å². The molecule has 0 unspecified atom stereocenters. The molecule has 1 aromatic rings. The monoisotopic (exact) mass is 351 g/mol. The molecule has 0 atom stereocenters. The molecule has 0 spiro atoms. The van der Waals surface area contributed by atoms with E-state index in [1.165, 1.54) is 0 Å². The molecule has 0 fully saturated rings. The van der Waals surface area contributed by atoms with Crippen LogP contribution in [0.4, 0.5) is 4.79 Å². The molecule has 0 heterocycles. The van der Waals surface area contributed by atoms with Crippen molar-refractivity contribution in [2.75, 3.05) is 19.7 Å². The van der Waals surface area contributed by atoms with Crippen molar-refractivity contribution >= 4 is 14.4 Å². The zero-order valence-corrected chi connectivity index (χ0v) is 17.1. The van der Waals surface area contributed by atoms with E-state index in [1.807, 2.05) is 37.3 Å². The second-order valence-corrected chi connectivity index (χ2v) is 12.4. The number of rotatable bonds is 8. The zero-order chi connectivity index (χ0) is 18.2. The maximum Gasteiger partial charge on any atom is 0.410 e. The molecule has 0 aromatic heterocycles. The Hall–Kier alpha value is -1.33. The average Bonchev–Trinajstić information content (AvgIpc) is 2.52. The number of carbonyl (C=O) groups excluding carboxylic acids is 1. The summed E-state index contributed by atoms with van der Waals surface area (Å²) < 4.78 is 11.5. The lowest BCUT2D eigenvalue weighted by molar-refractivity contribution is 0.0957. The summed E-state index contributed by atoms with van der Waals surface area (Å²) in [6.07, 6.45) is 0.578. The molecular formula is C19H33NO3Si. The van der Waals surface area contributed by atoms with Gasteiger partial charge in [-0.15, -0.1) is 0 Å². The summed E-state index contributed by atoms with van der Waals surface area (Å²) in [5.41, 5.74) is 1.00. The van der Waals surface area contributed by atoms with E-state index in [9.17, 15) is 4.79 Å². The van der Waals surface area contributed by atoms with Crippen LogP contribution in [0.5, 0.6) is 0 Å². The smallest absolute Gasteiger partial charge is 0.410 e. The Morgan fingerprint density at radius 3 is 2.33 bits per heavy atom. The number of carbonyl (C=O) groups is 1. The number of hydrogen-bond acceptors (Lipinski definition) is 3. The maximum atomic E-state index is 12.2. The van der Waals surface area contributed by atoms with Crippen LogP contribution < -0.4 is 0 Å². The van der Waals surface area contributed by atoms with E-state index >= 15 is 0 Å². The van der Waals surface area contributed by atoms with Crippen molar-refractivity contribution in [3.05, 3.63) is 35.9 Å². The second kappa shape index (κ2) is 9.23. The van der Waals surface area contributed by atoms with Gasteiger partial charge in [0.25, 0.3) is 0 Å². The van der Waals surface area contributed by atoms with E-state index in [0.717, 1.165) is 12.0 Å². The molecule has 0 aliphatic rings. The Balaban J connectivity index is 2.35. The number of nitrogens with zero attached hydrogens (tertiary/aromatic N) is 1. The highest BCUT2D eigenvalue weighted by atomic mass is 28.4. The van der Waals surface area contributed by atoms with Crippen LogP contribution in [0.2, 0.25) is 18.1 Å². The maximum absolute atomic E-state index is 12.2. The lowest BCUT2D eigenvalue weighted by atomic mass is 10.2. The summed E-state index contributed by atoms with van der Waals surface area (Å²) >= 11 is 0. The fraction of sp³-hybridized carbons (Fsp3) is 0.632. The van der Waals surface area contributed by atoms with Crippen molar-refractivity contribution in [3.8, 4) is 0 Å². The number of benzene rings is 1. The topological polar surface area (TPSA) is 38.8 Å². The highest BCUT2D eigenvalue weighted by Crippen LogP contribution is 2.36. The Kier molecular flexibility index (Phi) is 7.96. The van der Waals surface area contributed by atoms with Crippen LogP contribution in [0.3, 0.4) is 0 Å². The molecule has 24 heavy (non-hydrogen) atoms. The molecule has 0 N–H and O–H groups in total. The lowest BCUT2D eigenvalue weighted by Crippen LogP contribution is -2.41. The second-order valence-electron chi connectivity index (χ2n) is 7.58. The highest BCUT2D eigenvalue weighted by Gasteiger charge is 2.36. The molecule has 1 amide bonds. The first-order valence-corrected chi connectivity index (χ1v) is 11.7. The summed E-state index contributed by atoms with van der Waals surface area (Å²) in [5.74, 6) is 0. The van der Waals surface area contributed by atoms with Gasteiger partial charge in [0.2, 0.25) is 0 Å². The van der Waals surface area contributed by atoms with Crippen molar-refractivity contribution in [1.82, 2.24) is 4.90 Å². The van der Waals surface area contributed by atoms with Crippen molar-refractivity contribution in [3.63, 3.8) is 0 Å². The summed E-state index contributed by atoms with van der Waals surface area (Å²) in [6, 6.07) is 9.75. The lowest BCUT2D eigenvalue weighted by Gasteiger charge is -2.36. The summed E-state index contributed by atoms with van der Waals surface area (Å²) in [7, 11) is -1.71. The standard InChI is InChI=1S/C19H33NO3Si/c1-7-20(14-11-15-23-24(5,6)19(2,3)4)18(21)22-16-17-12-9-8-10-13-17/h8-10,12-13H,7,11,14-16H2,1-6H3. The minimum atomic E-state index is -1.71. The largest absolute Gasteiger partial charge is 0.445 e. The van der Waals surface area contributed by atoms with Crippen LogP contribution in [-0.4, -0.2) is 39.0 Å². The third-order valence-electron chi connectivity index (χ3n) is 4.69. The van der Waals surface area contributed by atoms with Gasteiger partial charge in [0.15, 0.2) is 8.32 Å². The molecule has 1 aromatic carbocycles. The molecule has 4 nitrogen and oxygen atoms in total. The van der Waals surface area contributed by atoms with Crippen molar-refractivity contribution in [1.29, 1.82) is 0 Å². The number of ether oxygens (including phenoxy) is 1. The average molecular weight is 352 g/mol. The van der Waals surface area contributed by atoms with Gasteiger partial charge in [-0.1, -0.05) is 51.1 Å². The van der Waals surface area contributed by atoms with Crippen LogP contribution >= 0.6 is 0 Å². The van der Waals surface area contributed by atoms with Gasteiger partial charge in [-0.2, -0.15) is 0 Å². The van der Waals surface area contributed by atoms with Crippen LogP contribution in [0.25, 0.3) is 0 Å². The number of hydrogen-bond donors (Lipinski definition) is 0. The van der Waals surface area contributed by atoms with E-state index in [2.05, 4.69) is 33.9 Å². The minimum absolute atomic E-state index is 0.214. The van der Waals surface area contributed by atoms with E-state index in [0.29, 0.717) is 26.3 Å². The Morgan fingerprint density at radius 1 is 1.17 bits per heavy atom. The van der Waals surface area contributed by atoms with Gasteiger partial charge in [0.1, 0.15) is 6.61 Å². The van der Waals surface area contributed by atoms with Crippen LogP contribution in [-0.2, 0) is 15.8 Å². The van der Waals surface area contributed by atoms with E-state index in [1.54, 1.807) is 4.90 Å². The van der Waals surface area contributed by atoms with E-state index < -0.39 is 8.32 Å². The normalized spacial score (nSPS) is 12.1. The molecule has 0 bridgehead atoms. The van der Waals surface area contributed by atoms with Crippen LogP contribution in [0.15, 0.2) is 30.3 Å². The molecule has 136 valence electrons. The first-order chi connectivity index (χ1) is 11.2. The zero-order valence-electron chi connectivity index (χ0n) is 16.1. The molecule has 0 saturated carbocycles. The Labute approximate surface area is 148 Å². The van der Waals surface area contributed by atoms with Crippen molar-refractivity contribution in [2.24, 2.45) is 0 Å². The van der Waals surface area contributed by atoms with Gasteiger partial charge in [-0.25, -0.2) is 4.79 Å². The van der Waals surface area contributed by atoms with Gasteiger partial charge in [-0.3, -0.25) is 0 Å². The minimum Gasteiger partial charge on any atom is -0.445 e. The Morgan fingerprint density at radius 2 is 1.79 bits per heavy atom. The molecule has 0 radical (unpaired) electrons. The van der Waals surface area contributed by atoms with Gasteiger partial charge < -0.3 is 14.1 Å². The fourth-order valence-corrected chi connectivity index (χ4v) is 3.08. The molecule has 0 aliphatic carbocycles. The molecule has 0 aliphatic heterocycles. The SMILES string of the molecule is CCN(CCCO[Si](C)(C)C(C)(C)C)C(=O)OCc1ccccc1. The van der Waals surface area contributed by atoms with Crippen LogP contribution in [0.1, 0.15) is 39.7 Å². The quantitative estimate of drug-likeness (QED) is 0.485. The molecule has 0 saturated heterocycles. The van der Waals surface area contributed by atoms with Gasteiger partial charge in [0.05, 0.1) is 0 Å². The third kappa shape index (κ3) is 6.65. The molecule has 5 heteroatoms. The predicted molar refractivity (Wildman–Crippen MR) is 102 cm³/mol.